The van der Waals surface area contributed by atoms with Crippen molar-refractivity contribution in [3.63, 3.8) is 0 Å². The van der Waals surface area contributed by atoms with Gasteiger partial charge in [-0.25, -0.2) is 5.90 Å². The summed E-state index contributed by atoms with van der Waals surface area (Å²) in [4.78, 5) is 4.68. The van der Waals surface area contributed by atoms with E-state index in [0.29, 0.717) is 6.61 Å². The lowest BCUT2D eigenvalue weighted by Gasteiger charge is -2.23. The number of rotatable bonds is 3. The SMILES string of the molecule is CC(C)(CON)c1ccc(Br)cc1. The van der Waals surface area contributed by atoms with Crippen molar-refractivity contribution in [2.24, 2.45) is 5.90 Å². The molecule has 0 amide bonds. The van der Waals surface area contributed by atoms with Crippen LogP contribution >= 0.6 is 15.9 Å². The third kappa shape index (κ3) is 2.79. The van der Waals surface area contributed by atoms with E-state index in [-0.39, 0.29) is 5.41 Å². The number of hydrogen-bond donors (Lipinski definition) is 1. The van der Waals surface area contributed by atoms with E-state index in [4.69, 9.17) is 5.90 Å². The molecule has 1 rings (SSSR count). The van der Waals surface area contributed by atoms with Crippen LogP contribution in [0.3, 0.4) is 0 Å². The van der Waals surface area contributed by atoms with Crippen LogP contribution in [0.2, 0.25) is 0 Å². The molecule has 0 aliphatic carbocycles. The topological polar surface area (TPSA) is 35.2 Å². The predicted molar refractivity (Wildman–Crippen MR) is 57.3 cm³/mol. The van der Waals surface area contributed by atoms with Gasteiger partial charge in [0.1, 0.15) is 0 Å². The van der Waals surface area contributed by atoms with Crippen molar-refractivity contribution in [3.8, 4) is 0 Å². The first-order chi connectivity index (χ1) is 6.06. The molecule has 0 aliphatic rings. The number of hydrogen-bond acceptors (Lipinski definition) is 2. The van der Waals surface area contributed by atoms with Gasteiger partial charge in [-0.15, -0.1) is 0 Å². The molecule has 0 bridgehead atoms. The summed E-state index contributed by atoms with van der Waals surface area (Å²) in [6, 6.07) is 8.19. The van der Waals surface area contributed by atoms with Crippen LogP contribution in [-0.2, 0) is 10.3 Å². The second-order valence-electron chi connectivity index (χ2n) is 3.70. The third-order valence-electron chi connectivity index (χ3n) is 2.07. The van der Waals surface area contributed by atoms with Gasteiger partial charge in [0.25, 0.3) is 0 Å². The van der Waals surface area contributed by atoms with E-state index in [1.807, 2.05) is 12.1 Å². The van der Waals surface area contributed by atoms with Gasteiger partial charge in [-0.05, 0) is 17.7 Å². The van der Waals surface area contributed by atoms with Crippen LogP contribution in [0.15, 0.2) is 28.7 Å². The monoisotopic (exact) mass is 243 g/mol. The quantitative estimate of drug-likeness (QED) is 0.829. The molecule has 0 saturated heterocycles. The minimum absolute atomic E-state index is 0.0323. The van der Waals surface area contributed by atoms with Gasteiger partial charge in [0.05, 0.1) is 6.61 Å². The van der Waals surface area contributed by atoms with Crippen LogP contribution < -0.4 is 5.90 Å². The molecule has 72 valence electrons. The predicted octanol–water partition coefficient (Wildman–Crippen LogP) is 2.62. The summed E-state index contributed by atoms with van der Waals surface area (Å²) in [5.74, 6) is 5.07. The van der Waals surface area contributed by atoms with Crippen molar-refractivity contribution in [1.29, 1.82) is 0 Å². The number of benzene rings is 1. The van der Waals surface area contributed by atoms with Crippen LogP contribution in [0.4, 0.5) is 0 Å². The number of halogens is 1. The Hall–Kier alpha value is -0.380. The maximum absolute atomic E-state index is 5.07. The lowest BCUT2D eigenvalue weighted by atomic mass is 9.86. The van der Waals surface area contributed by atoms with Crippen LogP contribution in [-0.4, -0.2) is 6.61 Å². The van der Waals surface area contributed by atoms with Crippen molar-refractivity contribution in [3.05, 3.63) is 34.3 Å². The fraction of sp³-hybridized carbons (Fsp3) is 0.400. The van der Waals surface area contributed by atoms with Gasteiger partial charge < -0.3 is 4.84 Å². The van der Waals surface area contributed by atoms with E-state index < -0.39 is 0 Å². The van der Waals surface area contributed by atoms with Gasteiger partial charge in [0.15, 0.2) is 0 Å². The molecule has 0 spiro atoms. The highest BCUT2D eigenvalue weighted by atomic mass is 79.9. The minimum atomic E-state index is -0.0323. The highest BCUT2D eigenvalue weighted by Gasteiger charge is 2.20. The lowest BCUT2D eigenvalue weighted by molar-refractivity contribution is 0.0964. The van der Waals surface area contributed by atoms with Gasteiger partial charge >= 0.3 is 0 Å². The third-order valence-corrected chi connectivity index (χ3v) is 2.60. The summed E-state index contributed by atoms with van der Waals surface area (Å²) in [5, 5.41) is 0. The summed E-state index contributed by atoms with van der Waals surface area (Å²) < 4.78 is 1.08. The molecule has 0 fully saturated rings. The molecule has 0 heterocycles. The Labute approximate surface area is 87.2 Å². The normalized spacial score (nSPS) is 11.7. The average molecular weight is 244 g/mol. The minimum Gasteiger partial charge on any atom is -0.304 e. The van der Waals surface area contributed by atoms with Gasteiger partial charge in [0, 0.05) is 9.89 Å². The zero-order valence-corrected chi connectivity index (χ0v) is 9.47. The molecule has 1 aromatic carbocycles. The molecule has 0 aromatic heterocycles. The Bertz CT molecular complexity index is 269. The summed E-state index contributed by atoms with van der Waals surface area (Å²) in [5.41, 5.74) is 1.19. The molecule has 0 atom stereocenters. The molecule has 3 heteroatoms. The van der Waals surface area contributed by atoms with Crippen molar-refractivity contribution in [2.75, 3.05) is 6.61 Å². The van der Waals surface area contributed by atoms with E-state index in [9.17, 15) is 0 Å². The molecule has 2 nitrogen and oxygen atoms in total. The first-order valence-corrected chi connectivity index (χ1v) is 4.93. The molecule has 0 unspecified atom stereocenters. The van der Waals surface area contributed by atoms with Crippen molar-refractivity contribution < 1.29 is 4.84 Å². The van der Waals surface area contributed by atoms with Crippen molar-refractivity contribution in [1.82, 2.24) is 0 Å². The maximum atomic E-state index is 5.07. The highest BCUT2D eigenvalue weighted by molar-refractivity contribution is 9.10. The van der Waals surface area contributed by atoms with Crippen LogP contribution in [0.25, 0.3) is 0 Å². The van der Waals surface area contributed by atoms with Crippen LogP contribution in [0.5, 0.6) is 0 Å². The zero-order chi connectivity index (χ0) is 9.90. The Morgan fingerprint density at radius 2 is 1.85 bits per heavy atom. The standard InChI is InChI=1S/C10H14BrNO/c1-10(2,7-13-12)8-3-5-9(11)6-4-8/h3-6H,7,12H2,1-2H3. The first-order valence-electron chi connectivity index (χ1n) is 4.14. The Morgan fingerprint density at radius 1 is 1.31 bits per heavy atom. The van der Waals surface area contributed by atoms with Gasteiger partial charge in [-0.1, -0.05) is 41.9 Å². The number of nitrogens with two attached hydrogens (primary N) is 1. The smallest absolute Gasteiger partial charge is 0.0770 e. The molecule has 1 aromatic rings. The Morgan fingerprint density at radius 3 is 2.31 bits per heavy atom. The first kappa shape index (κ1) is 10.7. The second-order valence-corrected chi connectivity index (χ2v) is 4.62. The Kier molecular flexibility index (Phi) is 3.47. The van der Waals surface area contributed by atoms with Gasteiger partial charge in [0.2, 0.25) is 0 Å². The maximum Gasteiger partial charge on any atom is 0.0770 e. The second kappa shape index (κ2) is 4.22. The largest absolute Gasteiger partial charge is 0.304 e. The van der Waals surface area contributed by atoms with E-state index in [2.05, 4.69) is 46.7 Å². The van der Waals surface area contributed by atoms with Crippen molar-refractivity contribution in [2.45, 2.75) is 19.3 Å². The molecular weight excluding hydrogens is 230 g/mol. The molecule has 13 heavy (non-hydrogen) atoms. The summed E-state index contributed by atoms with van der Waals surface area (Å²) in [6.07, 6.45) is 0. The summed E-state index contributed by atoms with van der Waals surface area (Å²) in [6.45, 7) is 4.72. The fourth-order valence-corrected chi connectivity index (χ4v) is 1.46. The van der Waals surface area contributed by atoms with Crippen LogP contribution in [0.1, 0.15) is 19.4 Å². The average Bonchev–Trinajstić information content (AvgIpc) is 2.05. The zero-order valence-electron chi connectivity index (χ0n) is 7.88. The molecule has 0 saturated carbocycles. The molecule has 0 radical (unpaired) electrons. The van der Waals surface area contributed by atoms with E-state index in [1.54, 1.807) is 0 Å². The lowest BCUT2D eigenvalue weighted by Crippen LogP contribution is -2.26. The summed E-state index contributed by atoms with van der Waals surface area (Å²) >= 11 is 3.40. The van der Waals surface area contributed by atoms with E-state index >= 15 is 0 Å². The fourth-order valence-electron chi connectivity index (χ4n) is 1.19. The van der Waals surface area contributed by atoms with Crippen molar-refractivity contribution >= 4 is 15.9 Å². The van der Waals surface area contributed by atoms with Gasteiger partial charge in [-0.3, -0.25) is 0 Å². The highest BCUT2D eigenvalue weighted by Crippen LogP contribution is 2.24. The summed E-state index contributed by atoms with van der Waals surface area (Å²) in [7, 11) is 0. The molecule has 0 aliphatic heterocycles. The van der Waals surface area contributed by atoms with Gasteiger partial charge in [-0.2, -0.15) is 0 Å². The molecular formula is C10H14BrNO. The van der Waals surface area contributed by atoms with E-state index in [1.165, 1.54) is 5.56 Å². The Balaban J connectivity index is 2.87. The van der Waals surface area contributed by atoms with E-state index in [0.717, 1.165) is 4.47 Å². The molecule has 2 N–H and O–H groups in total. The van der Waals surface area contributed by atoms with Crippen LogP contribution in [0, 0.1) is 0 Å².